The molecule has 138 valence electrons. The van der Waals surface area contributed by atoms with Crippen molar-refractivity contribution in [3.63, 3.8) is 0 Å². The Kier molecular flexibility index (Phi) is 4.72. The molecule has 4 rings (SSSR count). The van der Waals surface area contributed by atoms with Crippen molar-refractivity contribution in [3.8, 4) is 0 Å². The molecule has 2 aromatic heterocycles. The van der Waals surface area contributed by atoms with Crippen LogP contribution in [0.5, 0.6) is 0 Å². The second-order valence-electron chi connectivity index (χ2n) is 6.71. The lowest BCUT2D eigenvalue weighted by atomic mass is 10.1. The van der Waals surface area contributed by atoms with Crippen LogP contribution in [-0.4, -0.2) is 15.9 Å². The van der Waals surface area contributed by atoms with Crippen molar-refractivity contribution < 1.29 is 4.79 Å². The van der Waals surface area contributed by atoms with E-state index in [2.05, 4.69) is 20.6 Å². The minimum Gasteiger partial charge on any atom is -0.352 e. The van der Waals surface area contributed by atoms with E-state index in [9.17, 15) is 4.79 Å². The Morgan fingerprint density at radius 1 is 0.893 bits per heavy atom. The van der Waals surface area contributed by atoms with E-state index in [-0.39, 0.29) is 5.91 Å². The molecule has 0 radical (unpaired) electrons. The summed E-state index contributed by atoms with van der Waals surface area (Å²) in [5, 5.41) is 7.31. The maximum atomic E-state index is 12.5. The van der Waals surface area contributed by atoms with Crippen LogP contribution in [0.25, 0.3) is 10.9 Å². The SMILES string of the molecule is Cc1ccc(C)c(NC(=O)c2ccc(Nc3cccc4cccnc34)cn2)c1. The largest absolute Gasteiger partial charge is 0.352 e. The van der Waals surface area contributed by atoms with Gasteiger partial charge in [0.2, 0.25) is 0 Å². The fraction of sp³-hybridized carbons (Fsp3) is 0.0870. The third kappa shape index (κ3) is 3.69. The Labute approximate surface area is 163 Å². The minimum atomic E-state index is -0.230. The van der Waals surface area contributed by atoms with Gasteiger partial charge in [-0.25, -0.2) is 4.98 Å². The Morgan fingerprint density at radius 2 is 1.75 bits per heavy atom. The van der Waals surface area contributed by atoms with E-state index in [0.717, 1.165) is 39.1 Å². The summed E-state index contributed by atoms with van der Waals surface area (Å²) in [6.45, 7) is 3.96. The third-order valence-electron chi connectivity index (χ3n) is 4.55. The van der Waals surface area contributed by atoms with Gasteiger partial charge in [-0.3, -0.25) is 9.78 Å². The number of carbonyl (C=O) groups excluding carboxylic acids is 1. The van der Waals surface area contributed by atoms with E-state index in [1.165, 1.54) is 0 Å². The molecule has 0 aliphatic heterocycles. The predicted molar refractivity (Wildman–Crippen MR) is 113 cm³/mol. The highest BCUT2D eigenvalue weighted by atomic mass is 16.1. The van der Waals surface area contributed by atoms with E-state index in [4.69, 9.17) is 0 Å². The average molecular weight is 368 g/mol. The zero-order valence-corrected chi connectivity index (χ0v) is 15.7. The van der Waals surface area contributed by atoms with Gasteiger partial charge >= 0.3 is 0 Å². The van der Waals surface area contributed by atoms with Crippen molar-refractivity contribution in [2.45, 2.75) is 13.8 Å². The van der Waals surface area contributed by atoms with Crippen LogP contribution in [-0.2, 0) is 0 Å². The van der Waals surface area contributed by atoms with Gasteiger partial charge in [-0.1, -0.05) is 30.3 Å². The molecule has 0 aliphatic carbocycles. The van der Waals surface area contributed by atoms with Gasteiger partial charge in [0.25, 0.3) is 5.91 Å². The minimum absolute atomic E-state index is 0.230. The van der Waals surface area contributed by atoms with E-state index in [1.807, 2.05) is 68.4 Å². The highest BCUT2D eigenvalue weighted by Crippen LogP contribution is 2.24. The second-order valence-corrected chi connectivity index (χ2v) is 6.71. The monoisotopic (exact) mass is 368 g/mol. The van der Waals surface area contributed by atoms with E-state index >= 15 is 0 Å². The number of aryl methyl sites for hydroxylation is 2. The van der Waals surface area contributed by atoms with Crippen LogP contribution >= 0.6 is 0 Å². The molecule has 0 aliphatic rings. The Morgan fingerprint density at radius 3 is 2.57 bits per heavy atom. The molecule has 5 heteroatoms. The summed E-state index contributed by atoms with van der Waals surface area (Å²) in [5.74, 6) is -0.230. The van der Waals surface area contributed by atoms with Crippen LogP contribution in [0.3, 0.4) is 0 Å². The van der Waals surface area contributed by atoms with Crippen LogP contribution in [0.4, 0.5) is 17.1 Å². The van der Waals surface area contributed by atoms with Crippen molar-refractivity contribution in [2.24, 2.45) is 0 Å². The van der Waals surface area contributed by atoms with Crippen molar-refractivity contribution in [1.29, 1.82) is 0 Å². The average Bonchev–Trinajstić information content (AvgIpc) is 2.71. The first-order chi connectivity index (χ1) is 13.6. The van der Waals surface area contributed by atoms with Crippen molar-refractivity contribution in [1.82, 2.24) is 9.97 Å². The summed E-state index contributed by atoms with van der Waals surface area (Å²) in [6.07, 6.45) is 3.42. The number of fused-ring (bicyclic) bond motifs is 1. The third-order valence-corrected chi connectivity index (χ3v) is 4.55. The van der Waals surface area contributed by atoms with Crippen LogP contribution in [0.15, 0.2) is 73.1 Å². The standard InChI is InChI=1S/C23H20N4O/c1-15-8-9-16(2)21(13-15)27-23(28)20-11-10-18(14-25-20)26-19-7-3-5-17-6-4-12-24-22(17)19/h3-14,26H,1-2H3,(H,27,28). The van der Waals surface area contributed by atoms with Crippen LogP contribution < -0.4 is 10.6 Å². The van der Waals surface area contributed by atoms with Crippen molar-refractivity contribution in [2.75, 3.05) is 10.6 Å². The number of carbonyl (C=O) groups is 1. The number of amides is 1. The first-order valence-corrected chi connectivity index (χ1v) is 9.05. The molecule has 0 unspecified atom stereocenters. The molecule has 0 saturated carbocycles. The van der Waals surface area contributed by atoms with Gasteiger partial charge in [0.15, 0.2) is 0 Å². The summed E-state index contributed by atoms with van der Waals surface area (Å²) in [5.41, 5.74) is 5.85. The molecule has 2 N–H and O–H groups in total. The van der Waals surface area contributed by atoms with Gasteiger partial charge in [0.1, 0.15) is 5.69 Å². The normalized spacial score (nSPS) is 10.6. The quantitative estimate of drug-likeness (QED) is 0.517. The number of nitrogens with one attached hydrogen (secondary N) is 2. The van der Waals surface area contributed by atoms with E-state index in [1.54, 1.807) is 18.5 Å². The van der Waals surface area contributed by atoms with Gasteiger partial charge in [-0.15, -0.1) is 0 Å². The topological polar surface area (TPSA) is 66.9 Å². The van der Waals surface area contributed by atoms with Crippen molar-refractivity contribution >= 4 is 33.9 Å². The number of hydrogen-bond acceptors (Lipinski definition) is 4. The number of para-hydroxylation sites is 1. The molecule has 2 aromatic carbocycles. The maximum absolute atomic E-state index is 12.5. The highest BCUT2D eigenvalue weighted by Gasteiger charge is 2.10. The Bertz CT molecular complexity index is 1150. The highest BCUT2D eigenvalue weighted by molar-refractivity contribution is 6.03. The molecular weight excluding hydrogens is 348 g/mol. The first-order valence-electron chi connectivity index (χ1n) is 9.05. The number of hydrogen-bond donors (Lipinski definition) is 2. The Balaban J connectivity index is 1.52. The summed E-state index contributed by atoms with van der Waals surface area (Å²) in [4.78, 5) is 21.3. The zero-order valence-electron chi connectivity index (χ0n) is 15.7. The molecule has 5 nitrogen and oxygen atoms in total. The van der Waals surface area contributed by atoms with E-state index < -0.39 is 0 Å². The van der Waals surface area contributed by atoms with Crippen LogP contribution in [0.2, 0.25) is 0 Å². The molecule has 1 amide bonds. The smallest absolute Gasteiger partial charge is 0.274 e. The van der Waals surface area contributed by atoms with Gasteiger partial charge < -0.3 is 10.6 Å². The lowest BCUT2D eigenvalue weighted by molar-refractivity contribution is 0.102. The van der Waals surface area contributed by atoms with Gasteiger partial charge in [-0.2, -0.15) is 0 Å². The summed E-state index contributed by atoms with van der Waals surface area (Å²) in [6, 6.07) is 19.4. The van der Waals surface area contributed by atoms with Crippen LogP contribution in [0, 0.1) is 13.8 Å². The summed E-state index contributed by atoms with van der Waals surface area (Å²) in [7, 11) is 0. The molecule has 0 atom stereocenters. The molecule has 0 saturated heterocycles. The lowest BCUT2D eigenvalue weighted by Gasteiger charge is -2.11. The first kappa shape index (κ1) is 17.7. The number of pyridine rings is 2. The molecule has 28 heavy (non-hydrogen) atoms. The summed E-state index contributed by atoms with van der Waals surface area (Å²) >= 11 is 0. The number of benzene rings is 2. The van der Waals surface area contributed by atoms with Crippen molar-refractivity contribution in [3.05, 3.63) is 89.9 Å². The molecule has 2 heterocycles. The number of nitrogens with zero attached hydrogens (tertiary/aromatic N) is 2. The maximum Gasteiger partial charge on any atom is 0.274 e. The molecule has 0 bridgehead atoms. The van der Waals surface area contributed by atoms with Gasteiger partial charge in [0.05, 0.1) is 23.1 Å². The number of rotatable bonds is 4. The van der Waals surface area contributed by atoms with E-state index in [0.29, 0.717) is 5.69 Å². The summed E-state index contributed by atoms with van der Waals surface area (Å²) < 4.78 is 0. The number of anilines is 3. The second kappa shape index (κ2) is 7.48. The molecule has 4 aromatic rings. The fourth-order valence-electron chi connectivity index (χ4n) is 3.02. The predicted octanol–water partition coefficient (Wildman–Crippen LogP) is 5.24. The fourth-order valence-corrected chi connectivity index (χ4v) is 3.02. The molecule has 0 fully saturated rings. The molecular formula is C23H20N4O. The van der Waals surface area contributed by atoms with Crippen LogP contribution in [0.1, 0.15) is 21.6 Å². The van der Waals surface area contributed by atoms with Gasteiger partial charge in [-0.05, 0) is 55.3 Å². The van der Waals surface area contributed by atoms with Gasteiger partial charge in [0, 0.05) is 17.3 Å². The Hall–Kier alpha value is -3.73. The zero-order chi connectivity index (χ0) is 19.5. The molecule has 0 spiro atoms. The number of aromatic nitrogens is 2. The lowest BCUT2D eigenvalue weighted by Crippen LogP contribution is -2.14.